The van der Waals surface area contributed by atoms with E-state index in [1.165, 1.54) is 48.3 Å². The minimum Gasteiger partial charge on any atom is -0.273 e. The molecule has 0 aromatic rings. The zero-order valence-corrected chi connectivity index (χ0v) is 19.9. The zero-order chi connectivity index (χ0) is 22.2. The van der Waals surface area contributed by atoms with E-state index in [9.17, 15) is 14.4 Å². The molecule has 0 saturated carbocycles. The number of nitrogens with zero attached hydrogens (tertiary/aromatic N) is 2. The van der Waals surface area contributed by atoms with Crippen molar-refractivity contribution in [1.82, 2.24) is 9.80 Å². The Hall–Kier alpha value is -1.39. The van der Waals surface area contributed by atoms with Crippen molar-refractivity contribution in [3.8, 4) is 0 Å². The van der Waals surface area contributed by atoms with Crippen LogP contribution in [0.5, 0.6) is 0 Å². The molecule has 1 aliphatic heterocycles. The maximum atomic E-state index is 13.0. The average Bonchev–Trinajstić information content (AvgIpc) is 2.74. The van der Waals surface area contributed by atoms with Gasteiger partial charge in [0.05, 0.1) is 0 Å². The Kier molecular flexibility index (Phi) is 14.5. The number of carbonyl (C=O) groups is 3. The van der Waals surface area contributed by atoms with Crippen molar-refractivity contribution in [3.63, 3.8) is 0 Å². The van der Waals surface area contributed by atoms with E-state index < -0.39 is 5.92 Å². The fourth-order valence-corrected chi connectivity index (χ4v) is 4.17. The van der Waals surface area contributed by atoms with Gasteiger partial charge in [-0.25, -0.2) is 4.79 Å². The summed E-state index contributed by atoms with van der Waals surface area (Å²) in [6.07, 6.45) is 16.7. The van der Waals surface area contributed by atoms with Crippen LogP contribution in [0.15, 0.2) is 0 Å². The van der Waals surface area contributed by atoms with Gasteiger partial charge in [-0.05, 0) is 19.3 Å². The number of rotatable bonds is 18. The first kappa shape index (κ1) is 26.6. The molecule has 0 unspecified atom stereocenters. The van der Waals surface area contributed by atoms with Crippen molar-refractivity contribution in [2.75, 3.05) is 13.1 Å². The molecule has 0 spiro atoms. The quantitative estimate of drug-likeness (QED) is 0.182. The van der Waals surface area contributed by atoms with Crippen molar-refractivity contribution >= 4 is 17.8 Å². The molecule has 0 aliphatic carbocycles. The summed E-state index contributed by atoms with van der Waals surface area (Å²) in [7, 11) is 0. The van der Waals surface area contributed by atoms with E-state index in [1.807, 2.05) is 0 Å². The van der Waals surface area contributed by atoms with Gasteiger partial charge in [0, 0.05) is 13.1 Å². The van der Waals surface area contributed by atoms with Gasteiger partial charge in [-0.15, -0.1) is 0 Å². The van der Waals surface area contributed by atoms with Crippen molar-refractivity contribution < 1.29 is 14.4 Å². The first-order valence-electron chi connectivity index (χ1n) is 12.7. The number of amides is 4. The van der Waals surface area contributed by atoms with Crippen LogP contribution in [0.3, 0.4) is 0 Å². The third kappa shape index (κ3) is 9.18. The predicted octanol–water partition coefficient (Wildman–Crippen LogP) is 6.69. The molecule has 1 fully saturated rings. The fraction of sp³-hybridized carbons (Fsp3) is 0.880. The molecular formula is C25H46N2O3. The summed E-state index contributed by atoms with van der Waals surface area (Å²) in [4.78, 5) is 41.7. The summed E-state index contributed by atoms with van der Waals surface area (Å²) in [5, 5.41) is 0. The van der Waals surface area contributed by atoms with Crippen LogP contribution in [0.25, 0.3) is 0 Å². The summed E-state index contributed by atoms with van der Waals surface area (Å²) >= 11 is 0. The molecule has 1 saturated heterocycles. The van der Waals surface area contributed by atoms with Gasteiger partial charge in [0.25, 0.3) is 0 Å². The van der Waals surface area contributed by atoms with Crippen molar-refractivity contribution in [3.05, 3.63) is 0 Å². The van der Waals surface area contributed by atoms with E-state index in [1.54, 1.807) is 0 Å². The smallest absolute Gasteiger partial charge is 0.273 e. The second kappa shape index (κ2) is 16.3. The first-order valence-corrected chi connectivity index (χ1v) is 12.7. The third-order valence-corrected chi connectivity index (χ3v) is 6.16. The highest BCUT2D eigenvalue weighted by atomic mass is 16.2. The molecule has 1 heterocycles. The Bertz CT molecular complexity index is 417. The summed E-state index contributed by atoms with van der Waals surface area (Å²) < 4.78 is 0. The Labute approximate surface area is 184 Å². The lowest BCUT2D eigenvalue weighted by Crippen LogP contribution is -2.60. The molecule has 0 N–H and O–H groups in total. The minimum atomic E-state index is -0.657. The van der Waals surface area contributed by atoms with Crippen molar-refractivity contribution in [2.24, 2.45) is 5.92 Å². The largest absolute Gasteiger partial charge is 0.333 e. The number of urea groups is 1. The van der Waals surface area contributed by atoms with Crippen LogP contribution in [-0.4, -0.2) is 40.7 Å². The topological polar surface area (TPSA) is 57.7 Å². The molecule has 0 aromatic carbocycles. The van der Waals surface area contributed by atoms with Gasteiger partial charge in [-0.1, -0.05) is 104 Å². The van der Waals surface area contributed by atoms with Crippen LogP contribution in [0.4, 0.5) is 4.79 Å². The Morgan fingerprint density at radius 2 is 0.900 bits per heavy atom. The highest BCUT2D eigenvalue weighted by Gasteiger charge is 2.44. The highest BCUT2D eigenvalue weighted by molar-refractivity contribution is 6.16. The second-order valence-corrected chi connectivity index (χ2v) is 8.85. The normalized spacial score (nSPS) is 15.5. The summed E-state index contributed by atoms with van der Waals surface area (Å²) in [5.41, 5.74) is 0. The van der Waals surface area contributed by atoms with Crippen LogP contribution >= 0.6 is 0 Å². The Balaban J connectivity index is 2.70. The van der Waals surface area contributed by atoms with Gasteiger partial charge in [-0.2, -0.15) is 0 Å². The number of hydrogen-bond acceptors (Lipinski definition) is 3. The maximum Gasteiger partial charge on any atom is 0.333 e. The number of hydrogen-bond donors (Lipinski definition) is 0. The molecule has 5 heteroatoms. The van der Waals surface area contributed by atoms with Gasteiger partial charge in [0.2, 0.25) is 11.8 Å². The molecule has 0 atom stereocenters. The highest BCUT2D eigenvalue weighted by Crippen LogP contribution is 2.24. The molecule has 1 aliphatic rings. The lowest BCUT2D eigenvalue weighted by Gasteiger charge is -2.37. The van der Waals surface area contributed by atoms with E-state index in [-0.39, 0.29) is 17.8 Å². The van der Waals surface area contributed by atoms with Gasteiger partial charge in [0.1, 0.15) is 5.92 Å². The number of barbiturate groups is 1. The van der Waals surface area contributed by atoms with Gasteiger partial charge in [0.15, 0.2) is 0 Å². The first-order chi connectivity index (χ1) is 14.6. The third-order valence-electron chi connectivity index (χ3n) is 6.16. The molecule has 0 aromatic heterocycles. The molecule has 0 bridgehead atoms. The van der Waals surface area contributed by atoms with E-state index >= 15 is 0 Å². The van der Waals surface area contributed by atoms with Crippen molar-refractivity contribution in [2.45, 2.75) is 124 Å². The zero-order valence-electron chi connectivity index (χ0n) is 19.9. The predicted molar refractivity (Wildman–Crippen MR) is 123 cm³/mol. The van der Waals surface area contributed by atoms with E-state index in [0.29, 0.717) is 19.5 Å². The van der Waals surface area contributed by atoms with Crippen LogP contribution in [0.1, 0.15) is 124 Å². The van der Waals surface area contributed by atoms with E-state index in [2.05, 4.69) is 20.8 Å². The standard InChI is InChI=1S/C25H46N2O3/c1-4-7-10-13-16-19-22-23(28)26(20-17-14-11-8-5-2)25(30)27(24(22)29)21-18-15-12-9-6-3/h22H,4-21H2,1-3H3. The molecule has 1 rings (SSSR count). The molecule has 5 nitrogen and oxygen atoms in total. The molecule has 0 radical (unpaired) electrons. The van der Waals surface area contributed by atoms with Crippen LogP contribution < -0.4 is 0 Å². The SMILES string of the molecule is CCCCCCCC1C(=O)N(CCCCCCC)C(=O)N(CCCCCCC)C1=O. The maximum absolute atomic E-state index is 13.0. The second-order valence-electron chi connectivity index (χ2n) is 8.85. The lowest BCUT2D eigenvalue weighted by molar-refractivity contribution is -0.149. The summed E-state index contributed by atoms with van der Waals surface area (Å²) in [5.74, 6) is -1.16. The Morgan fingerprint density at radius 1 is 0.533 bits per heavy atom. The lowest BCUT2D eigenvalue weighted by atomic mass is 9.95. The number of carbonyl (C=O) groups excluding carboxylic acids is 3. The molecule has 4 amide bonds. The van der Waals surface area contributed by atoms with Gasteiger partial charge in [-0.3, -0.25) is 19.4 Å². The van der Waals surface area contributed by atoms with Crippen LogP contribution in [0, 0.1) is 5.92 Å². The van der Waals surface area contributed by atoms with Gasteiger partial charge < -0.3 is 0 Å². The summed E-state index contributed by atoms with van der Waals surface area (Å²) in [6, 6.07) is -0.377. The molecule has 30 heavy (non-hydrogen) atoms. The minimum absolute atomic E-state index is 0.252. The van der Waals surface area contributed by atoms with Crippen LogP contribution in [0.2, 0.25) is 0 Å². The van der Waals surface area contributed by atoms with E-state index in [4.69, 9.17) is 0 Å². The number of unbranched alkanes of at least 4 members (excludes halogenated alkanes) is 12. The Morgan fingerprint density at radius 3 is 1.30 bits per heavy atom. The number of imide groups is 2. The van der Waals surface area contributed by atoms with Crippen LogP contribution in [-0.2, 0) is 9.59 Å². The fourth-order valence-electron chi connectivity index (χ4n) is 4.17. The monoisotopic (exact) mass is 422 g/mol. The molecule has 174 valence electrons. The summed E-state index contributed by atoms with van der Waals surface area (Å²) in [6.45, 7) is 7.43. The average molecular weight is 423 g/mol. The van der Waals surface area contributed by atoms with Gasteiger partial charge >= 0.3 is 6.03 Å². The van der Waals surface area contributed by atoms with E-state index in [0.717, 1.165) is 57.8 Å². The molecular weight excluding hydrogens is 376 g/mol. The van der Waals surface area contributed by atoms with Crippen molar-refractivity contribution in [1.29, 1.82) is 0 Å².